The first-order valence-corrected chi connectivity index (χ1v) is 13.5. The summed E-state index contributed by atoms with van der Waals surface area (Å²) in [4.78, 5) is 29.7. The molecule has 216 valence electrons. The van der Waals surface area contributed by atoms with Crippen LogP contribution in [0, 0.1) is 0 Å². The minimum atomic E-state index is -4.53. The fourth-order valence-electron chi connectivity index (χ4n) is 4.00. The first kappa shape index (κ1) is 29.8. The lowest BCUT2D eigenvalue weighted by Gasteiger charge is -2.20. The highest BCUT2D eigenvalue weighted by Gasteiger charge is 2.31. The van der Waals surface area contributed by atoms with E-state index < -0.39 is 23.4 Å². The second-order valence-electron chi connectivity index (χ2n) is 10.5. The molecule has 8 nitrogen and oxygen atoms in total. The molecule has 0 radical (unpaired) electrons. The zero-order valence-corrected chi connectivity index (χ0v) is 24.0. The van der Waals surface area contributed by atoms with Crippen LogP contribution in [-0.4, -0.2) is 32.4 Å². The summed E-state index contributed by atoms with van der Waals surface area (Å²) in [5.74, 6) is -0.289. The van der Waals surface area contributed by atoms with Gasteiger partial charge in [0.15, 0.2) is 0 Å². The molecule has 41 heavy (non-hydrogen) atoms. The fourth-order valence-corrected chi connectivity index (χ4v) is 4.80. The number of carbonyl (C=O) groups is 2. The number of rotatable bonds is 7. The van der Waals surface area contributed by atoms with Gasteiger partial charge in [0.1, 0.15) is 15.5 Å². The first-order chi connectivity index (χ1) is 19.2. The summed E-state index contributed by atoms with van der Waals surface area (Å²) < 4.78 is 47.4. The molecule has 0 aliphatic rings. The zero-order valence-electron chi connectivity index (χ0n) is 23.2. The van der Waals surface area contributed by atoms with Gasteiger partial charge in [-0.15, -0.1) is 11.3 Å². The Morgan fingerprint density at radius 1 is 1.05 bits per heavy atom. The van der Waals surface area contributed by atoms with Crippen LogP contribution in [0.5, 0.6) is 0 Å². The van der Waals surface area contributed by atoms with E-state index in [1.54, 1.807) is 63.0 Å². The maximum Gasteiger partial charge on any atom is 0.416 e. The number of hydrogen-bond acceptors (Lipinski definition) is 6. The van der Waals surface area contributed by atoms with E-state index in [1.165, 1.54) is 23.6 Å². The van der Waals surface area contributed by atoms with Gasteiger partial charge >= 0.3 is 12.3 Å². The maximum atomic E-state index is 13.5. The van der Waals surface area contributed by atoms with E-state index in [4.69, 9.17) is 4.74 Å². The van der Waals surface area contributed by atoms with Gasteiger partial charge in [0.2, 0.25) is 0 Å². The Kier molecular flexibility index (Phi) is 8.52. The van der Waals surface area contributed by atoms with E-state index >= 15 is 0 Å². The minimum Gasteiger partial charge on any atom is -0.444 e. The lowest BCUT2D eigenvalue weighted by Crippen LogP contribution is -2.32. The van der Waals surface area contributed by atoms with Gasteiger partial charge in [-0.3, -0.25) is 9.48 Å². The Labute approximate surface area is 239 Å². The van der Waals surface area contributed by atoms with Crippen molar-refractivity contribution >= 4 is 23.3 Å². The van der Waals surface area contributed by atoms with E-state index in [9.17, 15) is 22.8 Å². The maximum absolute atomic E-state index is 13.5. The van der Waals surface area contributed by atoms with Crippen molar-refractivity contribution in [3.8, 4) is 21.7 Å². The van der Waals surface area contributed by atoms with E-state index in [1.807, 2.05) is 13.1 Å². The summed E-state index contributed by atoms with van der Waals surface area (Å²) >= 11 is 1.25. The Hall–Kier alpha value is -4.19. The van der Waals surface area contributed by atoms with Crippen LogP contribution in [0.2, 0.25) is 0 Å². The van der Waals surface area contributed by atoms with E-state index in [-0.39, 0.29) is 18.5 Å². The molecule has 0 unspecified atom stereocenters. The van der Waals surface area contributed by atoms with Crippen molar-refractivity contribution in [3.05, 3.63) is 82.6 Å². The van der Waals surface area contributed by atoms with E-state index in [0.29, 0.717) is 26.6 Å². The molecule has 0 bridgehead atoms. The molecule has 4 rings (SSSR count). The molecule has 0 spiro atoms. The molecule has 0 fully saturated rings. The van der Waals surface area contributed by atoms with Crippen LogP contribution in [-0.2, 0) is 24.5 Å². The minimum absolute atomic E-state index is 0.0214. The number of aryl methyl sites for hydroxylation is 1. The van der Waals surface area contributed by atoms with Crippen LogP contribution >= 0.6 is 11.3 Å². The van der Waals surface area contributed by atoms with Crippen LogP contribution in [0.25, 0.3) is 21.7 Å². The third kappa shape index (κ3) is 7.72. The average molecular weight is 586 g/mol. The average Bonchev–Trinajstić information content (AvgIpc) is 3.55. The van der Waals surface area contributed by atoms with Crippen molar-refractivity contribution in [1.29, 1.82) is 0 Å². The van der Waals surface area contributed by atoms with Crippen LogP contribution in [0.15, 0.2) is 61.1 Å². The third-order valence-electron chi connectivity index (χ3n) is 6.01. The largest absolute Gasteiger partial charge is 0.444 e. The SMILES string of the molecule is C[C@@H](NC(=O)c1cnc(-c2cnn(C)c2)s1)c1ccc(-c2cc(C(F)(F)F)ccc2CNC(=O)OC(C)(C)C)cc1. The van der Waals surface area contributed by atoms with Gasteiger partial charge in [0.25, 0.3) is 5.91 Å². The van der Waals surface area contributed by atoms with Gasteiger partial charge in [-0.2, -0.15) is 18.3 Å². The number of halogens is 3. The Morgan fingerprint density at radius 3 is 2.37 bits per heavy atom. The number of nitrogens with one attached hydrogen (secondary N) is 2. The molecule has 0 aliphatic heterocycles. The summed E-state index contributed by atoms with van der Waals surface area (Å²) in [5, 5.41) is 10.3. The normalized spacial score (nSPS) is 12.6. The van der Waals surface area contributed by atoms with Gasteiger partial charge in [0.05, 0.1) is 24.0 Å². The van der Waals surface area contributed by atoms with Crippen molar-refractivity contribution in [1.82, 2.24) is 25.4 Å². The first-order valence-electron chi connectivity index (χ1n) is 12.7. The lowest BCUT2D eigenvalue weighted by molar-refractivity contribution is -0.137. The number of hydrogen-bond donors (Lipinski definition) is 2. The molecule has 2 heterocycles. The van der Waals surface area contributed by atoms with Crippen molar-refractivity contribution < 1.29 is 27.5 Å². The second kappa shape index (κ2) is 11.7. The topological polar surface area (TPSA) is 98.1 Å². The molecule has 2 N–H and O–H groups in total. The molecule has 0 saturated carbocycles. The number of thiazole rings is 1. The van der Waals surface area contributed by atoms with Gasteiger partial charge in [0, 0.05) is 25.4 Å². The number of aromatic nitrogens is 3. The highest BCUT2D eigenvalue weighted by Crippen LogP contribution is 2.35. The predicted molar refractivity (Wildman–Crippen MR) is 150 cm³/mol. The summed E-state index contributed by atoms with van der Waals surface area (Å²) in [6.07, 6.45) is -0.198. The molecule has 0 saturated heterocycles. The Bertz CT molecular complexity index is 1540. The summed E-state index contributed by atoms with van der Waals surface area (Å²) in [7, 11) is 1.80. The van der Waals surface area contributed by atoms with Gasteiger partial charge in [-0.05, 0) is 62.1 Å². The van der Waals surface area contributed by atoms with Crippen molar-refractivity contribution in [2.24, 2.45) is 7.05 Å². The smallest absolute Gasteiger partial charge is 0.416 e. The number of carbonyl (C=O) groups excluding carboxylic acids is 2. The number of ether oxygens (including phenoxy) is 1. The standard InChI is InChI=1S/C29H30F3N5O3S/c1-17(36-25(38)24-15-33-26(41-24)21-14-35-37(5)16-21)18-6-8-19(9-7-18)23-12-22(29(30,31)32)11-10-20(23)13-34-27(39)40-28(2,3)4/h6-12,14-17H,13H2,1-5H3,(H,34,39)(H,36,38)/t17-/m1/s1. The summed E-state index contributed by atoms with van der Waals surface area (Å²) in [6.45, 7) is 6.96. The van der Waals surface area contributed by atoms with Crippen LogP contribution < -0.4 is 10.6 Å². The quantitative estimate of drug-likeness (QED) is 0.250. The van der Waals surface area contributed by atoms with Gasteiger partial charge in [-0.25, -0.2) is 9.78 Å². The summed E-state index contributed by atoms with van der Waals surface area (Å²) in [5.41, 5.74) is 1.42. The summed E-state index contributed by atoms with van der Waals surface area (Å²) in [6, 6.07) is 9.90. The van der Waals surface area contributed by atoms with Crippen LogP contribution in [0.4, 0.5) is 18.0 Å². The Balaban J connectivity index is 1.50. The van der Waals surface area contributed by atoms with Crippen LogP contribution in [0.3, 0.4) is 0 Å². The van der Waals surface area contributed by atoms with Gasteiger partial charge in [-0.1, -0.05) is 30.3 Å². The molecule has 12 heteroatoms. The number of alkyl carbamates (subject to hydrolysis) is 1. The molecular formula is C29H30F3N5O3S. The molecular weight excluding hydrogens is 555 g/mol. The Morgan fingerprint density at radius 2 is 1.76 bits per heavy atom. The highest BCUT2D eigenvalue weighted by atomic mass is 32.1. The second-order valence-corrected chi connectivity index (χ2v) is 11.5. The molecule has 2 aromatic heterocycles. The van der Waals surface area contributed by atoms with Crippen molar-refractivity contribution in [2.75, 3.05) is 0 Å². The van der Waals surface area contributed by atoms with E-state index in [0.717, 1.165) is 23.3 Å². The number of benzene rings is 2. The molecule has 0 aliphatic carbocycles. The molecule has 2 amide bonds. The highest BCUT2D eigenvalue weighted by molar-refractivity contribution is 7.16. The lowest BCUT2D eigenvalue weighted by atomic mass is 9.95. The molecule has 1 atom stereocenters. The number of alkyl halides is 3. The van der Waals surface area contributed by atoms with Gasteiger partial charge < -0.3 is 15.4 Å². The molecule has 4 aromatic rings. The predicted octanol–water partition coefficient (Wildman–Crippen LogP) is 6.75. The van der Waals surface area contributed by atoms with Crippen molar-refractivity contribution in [3.63, 3.8) is 0 Å². The zero-order chi connectivity index (χ0) is 29.9. The number of nitrogens with zero attached hydrogens (tertiary/aromatic N) is 3. The van der Waals surface area contributed by atoms with Crippen LogP contribution in [0.1, 0.15) is 60.1 Å². The van der Waals surface area contributed by atoms with E-state index in [2.05, 4.69) is 20.7 Å². The monoisotopic (exact) mass is 585 g/mol. The fraction of sp³-hybridized carbons (Fsp3) is 0.310. The number of amides is 2. The third-order valence-corrected chi connectivity index (χ3v) is 7.06. The molecule has 2 aromatic carbocycles. The van der Waals surface area contributed by atoms with Crippen molar-refractivity contribution in [2.45, 2.75) is 52.1 Å².